The van der Waals surface area contributed by atoms with E-state index in [-0.39, 0.29) is 0 Å². The molecule has 2 heterocycles. The Morgan fingerprint density at radius 3 is 2.82 bits per heavy atom. The maximum atomic E-state index is 4.46. The van der Waals surface area contributed by atoms with E-state index in [1.807, 2.05) is 13.0 Å². The molecule has 0 spiro atoms. The van der Waals surface area contributed by atoms with E-state index >= 15 is 0 Å². The molecular formula is C11H16N6. The van der Waals surface area contributed by atoms with Gasteiger partial charge < -0.3 is 5.32 Å². The maximum absolute atomic E-state index is 4.46. The van der Waals surface area contributed by atoms with Crippen molar-refractivity contribution in [2.45, 2.75) is 26.7 Å². The van der Waals surface area contributed by atoms with Crippen LogP contribution in [0.2, 0.25) is 0 Å². The molecule has 6 nitrogen and oxygen atoms in total. The molecule has 0 saturated heterocycles. The minimum absolute atomic E-state index is 0.747. The molecule has 2 rings (SSSR count). The molecule has 1 N–H and O–H groups in total. The van der Waals surface area contributed by atoms with Crippen molar-refractivity contribution in [1.29, 1.82) is 0 Å². The lowest BCUT2D eigenvalue weighted by atomic mass is 10.3. The lowest BCUT2D eigenvalue weighted by molar-refractivity contribution is 0.784. The summed E-state index contributed by atoms with van der Waals surface area (Å²) >= 11 is 0. The lowest BCUT2D eigenvalue weighted by Gasteiger charge is -2.07. The van der Waals surface area contributed by atoms with E-state index in [1.54, 1.807) is 11.0 Å². The molecule has 0 bridgehead atoms. The Bertz CT molecular complexity index is 441. The Labute approximate surface area is 100 Å². The quantitative estimate of drug-likeness (QED) is 0.844. The van der Waals surface area contributed by atoms with Gasteiger partial charge in [0.05, 0.1) is 0 Å². The van der Waals surface area contributed by atoms with E-state index in [2.05, 4.69) is 32.3 Å². The summed E-state index contributed by atoms with van der Waals surface area (Å²) in [7, 11) is 0. The standard InChI is InChI=1S/C11H16N6/c1-3-5-9-15-10(13-4-2)6-11(16-9)17-8-12-7-14-17/h6-8H,3-5H2,1-2H3,(H,13,15,16). The molecule has 0 fully saturated rings. The van der Waals surface area contributed by atoms with Crippen LogP contribution in [0.25, 0.3) is 5.82 Å². The molecule has 0 unspecified atom stereocenters. The van der Waals surface area contributed by atoms with Crippen molar-refractivity contribution in [2.24, 2.45) is 0 Å². The van der Waals surface area contributed by atoms with Crippen LogP contribution in [0.15, 0.2) is 18.7 Å². The van der Waals surface area contributed by atoms with E-state index in [9.17, 15) is 0 Å². The molecule has 2 aromatic heterocycles. The van der Waals surface area contributed by atoms with Crippen molar-refractivity contribution in [3.63, 3.8) is 0 Å². The molecule has 0 amide bonds. The summed E-state index contributed by atoms with van der Waals surface area (Å²) in [5, 5.41) is 7.27. The van der Waals surface area contributed by atoms with Crippen molar-refractivity contribution in [1.82, 2.24) is 24.7 Å². The Morgan fingerprint density at radius 2 is 2.18 bits per heavy atom. The maximum Gasteiger partial charge on any atom is 0.160 e. The first-order valence-corrected chi connectivity index (χ1v) is 5.80. The molecule has 0 aliphatic heterocycles. The van der Waals surface area contributed by atoms with Crippen LogP contribution in [0.1, 0.15) is 26.1 Å². The van der Waals surface area contributed by atoms with Crippen molar-refractivity contribution < 1.29 is 0 Å². The van der Waals surface area contributed by atoms with Crippen LogP contribution < -0.4 is 5.32 Å². The average Bonchev–Trinajstić information content (AvgIpc) is 2.83. The summed E-state index contributed by atoms with van der Waals surface area (Å²) in [6.45, 7) is 4.98. The predicted octanol–water partition coefficient (Wildman–Crippen LogP) is 1.44. The monoisotopic (exact) mass is 232 g/mol. The van der Waals surface area contributed by atoms with E-state index in [0.29, 0.717) is 0 Å². The molecule has 17 heavy (non-hydrogen) atoms. The van der Waals surface area contributed by atoms with Crippen LogP contribution in [0, 0.1) is 0 Å². The largest absolute Gasteiger partial charge is 0.370 e. The average molecular weight is 232 g/mol. The van der Waals surface area contributed by atoms with Crippen LogP contribution in [0.3, 0.4) is 0 Å². The van der Waals surface area contributed by atoms with Gasteiger partial charge in [0.15, 0.2) is 5.82 Å². The van der Waals surface area contributed by atoms with Gasteiger partial charge in [-0.2, -0.15) is 5.10 Å². The van der Waals surface area contributed by atoms with Crippen molar-refractivity contribution in [2.75, 3.05) is 11.9 Å². The van der Waals surface area contributed by atoms with Gasteiger partial charge in [-0.3, -0.25) is 0 Å². The smallest absolute Gasteiger partial charge is 0.160 e. The second-order valence-electron chi connectivity index (χ2n) is 3.65. The van der Waals surface area contributed by atoms with E-state index in [0.717, 1.165) is 36.8 Å². The van der Waals surface area contributed by atoms with Crippen molar-refractivity contribution >= 4 is 5.82 Å². The number of nitrogens with zero attached hydrogens (tertiary/aromatic N) is 5. The second-order valence-corrected chi connectivity index (χ2v) is 3.65. The number of hydrogen-bond acceptors (Lipinski definition) is 5. The summed E-state index contributed by atoms with van der Waals surface area (Å²) in [5.41, 5.74) is 0. The van der Waals surface area contributed by atoms with Gasteiger partial charge >= 0.3 is 0 Å². The fourth-order valence-corrected chi connectivity index (χ4v) is 1.53. The highest BCUT2D eigenvalue weighted by atomic mass is 15.3. The summed E-state index contributed by atoms with van der Waals surface area (Å²) in [4.78, 5) is 12.8. The van der Waals surface area contributed by atoms with Crippen LogP contribution in [0.4, 0.5) is 5.82 Å². The number of hydrogen-bond donors (Lipinski definition) is 1. The third-order valence-electron chi connectivity index (χ3n) is 2.24. The molecule has 0 aliphatic rings. The third-order valence-corrected chi connectivity index (χ3v) is 2.24. The van der Waals surface area contributed by atoms with Gasteiger partial charge in [0, 0.05) is 19.0 Å². The van der Waals surface area contributed by atoms with Gasteiger partial charge in [-0.1, -0.05) is 6.92 Å². The zero-order chi connectivity index (χ0) is 12.1. The highest BCUT2D eigenvalue weighted by Gasteiger charge is 2.05. The van der Waals surface area contributed by atoms with Gasteiger partial charge in [0.2, 0.25) is 0 Å². The van der Waals surface area contributed by atoms with Crippen LogP contribution in [0.5, 0.6) is 0 Å². The second kappa shape index (κ2) is 5.38. The third kappa shape index (κ3) is 2.77. The molecular weight excluding hydrogens is 216 g/mol. The Kier molecular flexibility index (Phi) is 3.64. The van der Waals surface area contributed by atoms with Gasteiger partial charge in [-0.25, -0.2) is 19.6 Å². The first kappa shape index (κ1) is 11.5. The Morgan fingerprint density at radius 1 is 1.29 bits per heavy atom. The number of aromatic nitrogens is 5. The van der Waals surface area contributed by atoms with Crippen molar-refractivity contribution in [3.05, 3.63) is 24.5 Å². The van der Waals surface area contributed by atoms with Gasteiger partial charge in [0.1, 0.15) is 24.3 Å². The molecule has 0 radical (unpaired) electrons. The minimum Gasteiger partial charge on any atom is -0.370 e. The predicted molar refractivity (Wildman–Crippen MR) is 65.1 cm³/mol. The van der Waals surface area contributed by atoms with Gasteiger partial charge in [-0.05, 0) is 13.3 Å². The Balaban J connectivity index is 2.37. The minimum atomic E-state index is 0.747. The SMILES string of the molecule is CCCc1nc(NCC)cc(-n2cncn2)n1. The van der Waals surface area contributed by atoms with Crippen LogP contribution in [-0.2, 0) is 6.42 Å². The highest BCUT2D eigenvalue weighted by Crippen LogP contribution is 2.10. The van der Waals surface area contributed by atoms with Crippen LogP contribution in [-0.4, -0.2) is 31.3 Å². The number of rotatable bonds is 5. The van der Waals surface area contributed by atoms with Crippen LogP contribution >= 0.6 is 0 Å². The van der Waals surface area contributed by atoms with Crippen molar-refractivity contribution in [3.8, 4) is 5.82 Å². The fourth-order valence-electron chi connectivity index (χ4n) is 1.53. The molecule has 0 aromatic carbocycles. The zero-order valence-electron chi connectivity index (χ0n) is 10.1. The number of aryl methyl sites for hydroxylation is 1. The first-order chi connectivity index (χ1) is 8.33. The molecule has 6 heteroatoms. The first-order valence-electron chi connectivity index (χ1n) is 5.80. The molecule has 0 atom stereocenters. The molecule has 0 aliphatic carbocycles. The summed E-state index contributed by atoms with van der Waals surface area (Å²) in [5.74, 6) is 2.41. The van der Waals surface area contributed by atoms with E-state index in [1.165, 1.54) is 6.33 Å². The normalized spacial score (nSPS) is 10.5. The van der Waals surface area contributed by atoms with E-state index < -0.39 is 0 Å². The summed E-state index contributed by atoms with van der Waals surface area (Å²) < 4.78 is 1.64. The summed E-state index contributed by atoms with van der Waals surface area (Å²) in [6, 6.07) is 1.87. The van der Waals surface area contributed by atoms with E-state index in [4.69, 9.17) is 0 Å². The molecule has 0 saturated carbocycles. The fraction of sp³-hybridized carbons (Fsp3) is 0.455. The molecule has 90 valence electrons. The Hall–Kier alpha value is -1.98. The lowest BCUT2D eigenvalue weighted by Crippen LogP contribution is -2.08. The van der Waals surface area contributed by atoms with Gasteiger partial charge in [0.25, 0.3) is 0 Å². The topological polar surface area (TPSA) is 68.5 Å². The highest BCUT2D eigenvalue weighted by molar-refractivity contribution is 5.41. The number of anilines is 1. The summed E-state index contributed by atoms with van der Waals surface area (Å²) in [6.07, 6.45) is 5.01. The zero-order valence-corrected chi connectivity index (χ0v) is 10.1. The number of nitrogens with one attached hydrogen (secondary N) is 1. The van der Waals surface area contributed by atoms with Gasteiger partial charge in [-0.15, -0.1) is 0 Å². The molecule has 2 aromatic rings.